The average Bonchev–Trinajstić information content (AvgIpc) is 3.48. The number of thioether (sulfide) groups is 2. The maximum atomic E-state index is 13.7. The van der Waals surface area contributed by atoms with E-state index in [1.54, 1.807) is 24.1 Å². The number of amides is 1. The number of rotatable bonds is 7. The monoisotopic (exact) mass is 488 g/mol. The molecule has 1 aliphatic rings. The van der Waals surface area contributed by atoms with Gasteiger partial charge in [0.2, 0.25) is 5.91 Å². The molecule has 0 bridgehead atoms. The normalized spacial score (nSPS) is 15.2. The molecule has 4 aromatic rings. The Morgan fingerprint density at radius 3 is 2.74 bits per heavy atom. The second kappa shape index (κ2) is 9.95. The first-order valence-corrected chi connectivity index (χ1v) is 12.9. The third kappa shape index (κ3) is 4.31. The van der Waals surface area contributed by atoms with Crippen LogP contribution < -0.4 is 4.90 Å². The van der Waals surface area contributed by atoms with Gasteiger partial charge in [-0.05, 0) is 30.7 Å². The second-order valence-electron chi connectivity index (χ2n) is 7.85. The van der Waals surface area contributed by atoms with Crippen LogP contribution in [0.3, 0.4) is 0 Å². The SMILES string of the molecule is C=CCn1c(SCC(=O)N2c3ccccc3SCC2c2ccccc2)nnc1-c1ccoc1C. The highest BCUT2D eigenvalue weighted by Crippen LogP contribution is 2.43. The molecule has 172 valence electrons. The summed E-state index contributed by atoms with van der Waals surface area (Å²) < 4.78 is 7.42. The number of nitrogens with zero attached hydrogens (tertiary/aromatic N) is 4. The Balaban J connectivity index is 1.43. The summed E-state index contributed by atoms with van der Waals surface area (Å²) in [4.78, 5) is 16.8. The molecule has 1 atom stereocenters. The first-order chi connectivity index (χ1) is 16.7. The molecular weight excluding hydrogens is 464 g/mol. The maximum absolute atomic E-state index is 13.7. The average molecular weight is 489 g/mol. The van der Waals surface area contributed by atoms with Gasteiger partial charge < -0.3 is 9.32 Å². The van der Waals surface area contributed by atoms with E-state index in [0.29, 0.717) is 17.5 Å². The van der Waals surface area contributed by atoms with Gasteiger partial charge in [0.1, 0.15) is 5.76 Å². The molecule has 5 rings (SSSR count). The fourth-order valence-electron chi connectivity index (χ4n) is 4.12. The molecule has 0 aliphatic carbocycles. The highest BCUT2D eigenvalue weighted by atomic mass is 32.2. The quantitative estimate of drug-likeness (QED) is 0.235. The number of furan rings is 1. The number of anilines is 1. The van der Waals surface area contributed by atoms with Crippen molar-refractivity contribution < 1.29 is 9.21 Å². The first-order valence-electron chi connectivity index (χ1n) is 11.0. The Bertz CT molecular complexity index is 1320. The summed E-state index contributed by atoms with van der Waals surface area (Å²) >= 11 is 3.19. The zero-order valence-corrected chi connectivity index (χ0v) is 20.4. The fourth-order valence-corrected chi connectivity index (χ4v) is 6.09. The van der Waals surface area contributed by atoms with Gasteiger partial charge in [0.15, 0.2) is 11.0 Å². The third-order valence-electron chi connectivity index (χ3n) is 5.74. The summed E-state index contributed by atoms with van der Waals surface area (Å²) in [5.41, 5.74) is 2.98. The summed E-state index contributed by atoms with van der Waals surface area (Å²) in [5, 5.41) is 9.45. The molecule has 2 aromatic carbocycles. The van der Waals surface area contributed by atoms with Gasteiger partial charge in [-0.1, -0.05) is 60.3 Å². The van der Waals surface area contributed by atoms with E-state index in [1.165, 1.54) is 11.8 Å². The Kier molecular flexibility index (Phi) is 6.60. The summed E-state index contributed by atoms with van der Waals surface area (Å²) in [6.45, 7) is 6.31. The van der Waals surface area contributed by atoms with E-state index in [-0.39, 0.29) is 17.7 Å². The van der Waals surface area contributed by atoms with Crippen molar-refractivity contribution in [1.29, 1.82) is 0 Å². The number of hydrogen-bond donors (Lipinski definition) is 0. The van der Waals surface area contributed by atoms with Crippen LogP contribution in [-0.2, 0) is 11.3 Å². The van der Waals surface area contributed by atoms with Crippen molar-refractivity contribution in [3.05, 3.63) is 90.9 Å². The Morgan fingerprint density at radius 1 is 1.18 bits per heavy atom. The summed E-state index contributed by atoms with van der Waals surface area (Å²) in [6, 6.07) is 20.2. The van der Waals surface area contributed by atoms with Gasteiger partial charge in [-0.3, -0.25) is 9.36 Å². The molecule has 0 spiro atoms. The van der Waals surface area contributed by atoms with Gasteiger partial charge in [0, 0.05) is 17.2 Å². The van der Waals surface area contributed by atoms with Crippen molar-refractivity contribution in [2.45, 2.75) is 29.6 Å². The number of allylic oxidation sites excluding steroid dienone is 1. The first kappa shape index (κ1) is 22.6. The molecule has 3 heterocycles. The molecule has 2 aromatic heterocycles. The van der Waals surface area contributed by atoms with Gasteiger partial charge >= 0.3 is 0 Å². The molecule has 0 saturated carbocycles. The topological polar surface area (TPSA) is 64.2 Å². The lowest BCUT2D eigenvalue weighted by Gasteiger charge is -2.37. The van der Waals surface area contributed by atoms with E-state index < -0.39 is 0 Å². The van der Waals surface area contributed by atoms with Crippen LogP contribution in [0.1, 0.15) is 17.4 Å². The molecule has 0 N–H and O–H groups in total. The van der Waals surface area contributed by atoms with Crippen molar-refractivity contribution >= 4 is 35.1 Å². The van der Waals surface area contributed by atoms with Gasteiger partial charge in [0.25, 0.3) is 0 Å². The molecule has 6 nitrogen and oxygen atoms in total. The lowest BCUT2D eigenvalue weighted by Crippen LogP contribution is -2.39. The number of fused-ring (bicyclic) bond motifs is 1. The van der Waals surface area contributed by atoms with E-state index in [1.807, 2.05) is 58.9 Å². The molecule has 1 amide bonds. The molecule has 0 fully saturated rings. The van der Waals surface area contributed by atoms with Crippen molar-refractivity contribution in [2.24, 2.45) is 0 Å². The van der Waals surface area contributed by atoms with Gasteiger partial charge in [-0.25, -0.2) is 0 Å². The number of aromatic nitrogens is 3. The molecule has 8 heteroatoms. The third-order valence-corrected chi connectivity index (χ3v) is 7.83. The van der Waals surface area contributed by atoms with Crippen LogP contribution in [0, 0.1) is 6.92 Å². The van der Waals surface area contributed by atoms with Crippen LogP contribution in [0.15, 0.2) is 94.1 Å². The van der Waals surface area contributed by atoms with E-state index in [0.717, 1.165) is 33.2 Å². The summed E-state index contributed by atoms with van der Waals surface area (Å²) in [6.07, 6.45) is 3.45. The largest absolute Gasteiger partial charge is 0.469 e. The molecular formula is C26H24N4O2S2. The van der Waals surface area contributed by atoms with Crippen LogP contribution in [-0.4, -0.2) is 32.2 Å². The highest BCUT2D eigenvalue weighted by molar-refractivity contribution is 8.00. The van der Waals surface area contributed by atoms with Crippen LogP contribution in [0.2, 0.25) is 0 Å². The lowest BCUT2D eigenvalue weighted by atomic mass is 10.1. The van der Waals surface area contributed by atoms with Crippen molar-refractivity contribution in [2.75, 3.05) is 16.4 Å². The Morgan fingerprint density at radius 2 is 1.97 bits per heavy atom. The van der Waals surface area contributed by atoms with E-state index in [2.05, 4.69) is 35.0 Å². The molecule has 0 radical (unpaired) electrons. The minimum absolute atomic E-state index is 0.0237. The number of carbonyl (C=O) groups excluding carboxylic acids is 1. The summed E-state index contributed by atoms with van der Waals surface area (Å²) in [5.74, 6) is 2.60. The van der Waals surface area contributed by atoms with E-state index in [9.17, 15) is 4.79 Å². The Hall–Kier alpha value is -3.23. The summed E-state index contributed by atoms with van der Waals surface area (Å²) in [7, 11) is 0. The van der Waals surface area contributed by atoms with Crippen LogP contribution in [0.4, 0.5) is 5.69 Å². The van der Waals surface area contributed by atoms with Gasteiger partial charge in [-0.2, -0.15) is 0 Å². The number of aryl methyl sites for hydroxylation is 1. The molecule has 1 unspecified atom stereocenters. The fraction of sp³-hybridized carbons (Fsp3) is 0.192. The lowest BCUT2D eigenvalue weighted by molar-refractivity contribution is -0.116. The van der Waals surface area contributed by atoms with Gasteiger partial charge in [-0.15, -0.1) is 28.5 Å². The molecule has 0 saturated heterocycles. The zero-order chi connectivity index (χ0) is 23.5. The number of hydrogen-bond acceptors (Lipinski definition) is 6. The second-order valence-corrected chi connectivity index (χ2v) is 9.86. The van der Waals surface area contributed by atoms with Crippen LogP contribution in [0.25, 0.3) is 11.4 Å². The van der Waals surface area contributed by atoms with Crippen LogP contribution in [0.5, 0.6) is 0 Å². The van der Waals surface area contributed by atoms with Crippen LogP contribution >= 0.6 is 23.5 Å². The number of carbonyl (C=O) groups is 1. The molecule has 34 heavy (non-hydrogen) atoms. The number of benzene rings is 2. The highest BCUT2D eigenvalue weighted by Gasteiger charge is 2.32. The maximum Gasteiger partial charge on any atom is 0.238 e. The standard InChI is InChI=1S/C26H24N4O2S2/c1-3-14-29-25(20-13-15-32-18(20)2)27-28-26(29)34-17-24(31)30-21-11-7-8-12-23(21)33-16-22(30)19-9-5-4-6-10-19/h3-13,15,22H,1,14,16-17H2,2H3. The minimum atomic E-state index is -0.0237. The van der Waals surface area contributed by atoms with Gasteiger partial charge in [0.05, 0.1) is 29.3 Å². The predicted molar refractivity (Wildman–Crippen MR) is 137 cm³/mol. The Labute approximate surface area is 207 Å². The van der Waals surface area contributed by atoms with E-state index >= 15 is 0 Å². The van der Waals surface area contributed by atoms with Crippen molar-refractivity contribution in [3.63, 3.8) is 0 Å². The minimum Gasteiger partial charge on any atom is -0.469 e. The number of para-hydroxylation sites is 1. The molecule has 1 aliphatic heterocycles. The zero-order valence-electron chi connectivity index (χ0n) is 18.8. The van der Waals surface area contributed by atoms with E-state index in [4.69, 9.17) is 4.42 Å². The smallest absolute Gasteiger partial charge is 0.238 e. The predicted octanol–water partition coefficient (Wildman–Crippen LogP) is 6.00. The van der Waals surface area contributed by atoms with Crippen molar-refractivity contribution in [3.8, 4) is 11.4 Å². The van der Waals surface area contributed by atoms with Crippen molar-refractivity contribution in [1.82, 2.24) is 14.8 Å².